The molecular formula is C17H19ClN4OS. The van der Waals surface area contributed by atoms with Crippen LogP contribution in [0.2, 0.25) is 5.02 Å². The van der Waals surface area contributed by atoms with Crippen LogP contribution in [-0.4, -0.2) is 27.5 Å². The number of hydrogen-bond donors (Lipinski definition) is 1. The number of thiazole rings is 1. The van der Waals surface area contributed by atoms with Gasteiger partial charge in [-0.05, 0) is 44.5 Å². The van der Waals surface area contributed by atoms with E-state index in [1.54, 1.807) is 23.5 Å². The van der Waals surface area contributed by atoms with Gasteiger partial charge < -0.3 is 4.42 Å². The summed E-state index contributed by atoms with van der Waals surface area (Å²) in [4.78, 5) is 12.6. The van der Waals surface area contributed by atoms with Gasteiger partial charge in [0, 0.05) is 28.7 Å². The Morgan fingerprint density at radius 1 is 1.42 bits per heavy atom. The Morgan fingerprint density at radius 3 is 3.21 bits per heavy atom. The number of likely N-dealkylation sites (tertiary alicyclic amines) is 1. The van der Waals surface area contributed by atoms with Gasteiger partial charge in [-0.1, -0.05) is 18.0 Å². The van der Waals surface area contributed by atoms with Gasteiger partial charge in [-0.15, -0.1) is 11.3 Å². The lowest BCUT2D eigenvalue weighted by atomic mass is 10.0. The van der Waals surface area contributed by atoms with Gasteiger partial charge in [0.2, 0.25) is 0 Å². The van der Waals surface area contributed by atoms with Crippen molar-refractivity contribution in [2.24, 2.45) is 0 Å². The van der Waals surface area contributed by atoms with Crippen molar-refractivity contribution in [3.63, 3.8) is 0 Å². The fraction of sp³-hybridized carbons (Fsp3) is 0.412. The number of oxazole rings is 1. The summed E-state index contributed by atoms with van der Waals surface area (Å²) in [6.07, 6.45) is 5.86. The monoisotopic (exact) mass is 362 g/mol. The Hall–Kier alpha value is -1.63. The second kappa shape index (κ2) is 6.70. The molecule has 1 aromatic carbocycles. The van der Waals surface area contributed by atoms with Gasteiger partial charge in [-0.25, -0.2) is 4.98 Å². The number of fused-ring (bicyclic) bond motifs is 1. The number of nitrogens with one attached hydrogen (secondary N) is 1. The molecule has 1 aliphatic heterocycles. The van der Waals surface area contributed by atoms with E-state index in [0.717, 1.165) is 17.2 Å². The average Bonchev–Trinajstić information content (AvgIpc) is 3.16. The highest BCUT2D eigenvalue weighted by molar-refractivity contribution is 7.15. The van der Waals surface area contributed by atoms with Gasteiger partial charge in [0.1, 0.15) is 5.52 Å². The third-order valence-electron chi connectivity index (χ3n) is 4.42. The van der Waals surface area contributed by atoms with Crippen molar-refractivity contribution in [3.05, 3.63) is 34.3 Å². The van der Waals surface area contributed by atoms with Crippen LogP contribution in [0.25, 0.3) is 11.1 Å². The molecule has 126 valence electrons. The molecule has 1 fully saturated rings. The number of rotatable bonds is 4. The van der Waals surface area contributed by atoms with E-state index < -0.39 is 0 Å². The van der Waals surface area contributed by atoms with Gasteiger partial charge in [0.05, 0.1) is 0 Å². The lowest BCUT2D eigenvalue weighted by Gasteiger charge is -2.32. The number of nitrogens with zero attached hydrogens (tertiary/aromatic N) is 3. The lowest BCUT2D eigenvalue weighted by Crippen LogP contribution is -2.36. The zero-order valence-corrected chi connectivity index (χ0v) is 15.0. The third kappa shape index (κ3) is 3.41. The van der Waals surface area contributed by atoms with Crippen molar-refractivity contribution in [1.82, 2.24) is 14.9 Å². The first kappa shape index (κ1) is 15.9. The lowest BCUT2D eigenvalue weighted by molar-refractivity contribution is 0.154. The highest BCUT2D eigenvalue weighted by Gasteiger charge is 2.19. The summed E-state index contributed by atoms with van der Waals surface area (Å²) in [5.74, 6) is 0. The smallest absolute Gasteiger partial charge is 0.302 e. The minimum Gasteiger partial charge on any atom is -0.423 e. The second-order valence-electron chi connectivity index (χ2n) is 6.20. The summed E-state index contributed by atoms with van der Waals surface area (Å²) in [5.41, 5.74) is 1.45. The molecule has 1 unspecified atom stereocenters. The molecule has 24 heavy (non-hydrogen) atoms. The molecule has 0 bridgehead atoms. The molecule has 0 radical (unpaired) electrons. The van der Waals surface area contributed by atoms with Crippen LogP contribution in [0.4, 0.5) is 11.1 Å². The van der Waals surface area contributed by atoms with Crippen molar-refractivity contribution >= 4 is 45.2 Å². The molecule has 0 saturated carbocycles. The van der Waals surface area contributed by atoms with E-state index in [2.05, 4.69) is 27.1 Å². The average molecular weight is 363 g/mol. The van der Waals surface area contributed by atoms with Crippen LogP contribution < -0.4 is 5.32 Å². The molecule has 0 amide bonds. The fourth-order valence-corrected chi connectivity index (χ4v) is 4.07. The zero-order valence-electron chi connectivity index (χ0n) is 13.5. The van der Waals surface area contributed by atoms with E-state index in [-0.39, 0.29) is 0 Å². The van der Waals surface area contributed by atoms with Crippen LogP contribution in [0.15, 0.2) is 28.8 Å². The van der Waals surface area contributed by atoms with E-state index in [4.69, 9.17) is 16.0 Å². The predicted octanol–water partition coefficient (Wildman–Crippen LogP) is 5.06. The van der Waals surface area contributed by atoms with Gasteiger partial charge >= 0.3 is 6.01 Å². The zero-order chi connectivity index (χ0) is 16.5. The number of benzene rings is 1. The SMILES string of the molecule is CC1CCCCN1Cc1cnc(Nc2nc3cc(Cl)ccc3o2)s1. The normalized spacial score (nSPS) is 19.0. The van der Waals surface area contributed by atoms with Crippen LogP contribution in [0.3, 0.4) is 0 Å². The molecule has 1 saturated heterocycles. The van der Waals surface area contributed by atoms with Crippen molar-refractivity contribution in [2.45, 2.75) is 38.8 Å². The highest BCUT2D eigenvalue weighted by Crippen LogP contribution is 2.28. The minimum atomic E-state index is 0.444. The van der Waals surface area contributed by atoms with E-state index in [1.807, 2.05) is 12.3 Å². The quantitative estimate of drug-likeness (QED) is 0.703. The van der Waals surface area contributed by atoms with Gasteiger partial charge in [-0.3, -0.25) is 10.2 Å². The molecule has 3 heterocycles. The second-order valence-corrected chi connectivity index (χ2v) is 7.75. The Morgan fingerprint density at radius 2 is 2.33 bits per heavy atom. The molecule has 5 nitrogen and oxygen atoms in total. The van der Waals surface area contributed by atoms with Crippen LogP contribution in [0.1, 0.15) is 31.1 Å². The number of piperidine rings is 1. The first-order valence-corrected chi connectivity index (χ1v) is 9.39. The summed E-state index contributed by atoms with van der Waals surface area (Å²) in [5, 5.41) is 4.60. The van der Waals surface area contributed by atoms with Crippen molar-refractivity contribution in [1.29, 1.82) is 0 Å². The van der Waals surface area contributed by atoms with Gasteiger partial charge in [-0.2, -0.15) is 4.98 Å². The standard InChI is InChI=1S/C17H19ClN4OS/c1-11-4-2-3-7-22(11)10-13-9-19-17(24-13)21-16-20-14-8-12(18)5-6-15(14)23-16/h5-6,8-9,11H,2-4,7,10H2,1H3,(H,19,20,21). The molecular weight excluding hydrogens is 344 g/mol. The summed E-state index contributed by atoms with van der Waals surface area (Å²) in [6, 6.07) is 6.50. The van der Waals surface area contributed by atoms with Gasteiger partial charge in [0.15, 0.2) is 10.7 Å². The molecule has 1 N–H and O–H groups in total. The van der Waals surface area contributed by atoms with Crippen LogP contribution in [0.5, 0.6) is 0 Å². The number of anilines is 2. The summed E-state index contributed by atoms with van der Waals surface area (Å²) >= 11 is 7.63. The number of hydrogen-bond acceptors (Lipinski definition) is 6. The van der Waals surface area contributed by atoms with Crippen LogP contribution in [-0.2, 0) is 6.54 Å². The molecule has 3 aromatic rings. The molecule has 2 aromatic heterocycles. The molecule has 7 heteroatoms. The van der Waals surface area contributed by atoms with Crippen LogP contribution in [0, 0.1) is 0 Å². The molecule has 1 atom stereocenters. The summed E-state index contributed by atoms with van der Waals surface area (Å²) < 4.78 is 5.68. The first-order valence-electron chi connectivity index (χ1n) is 8.19. The number of aromatic nitrogens is 2. The van der Waals surface area contributed by atoms with E-state index in [1.165, 1.54) is 30.7 Å². The predicted molar refractivity (Wildman–Crippen MR) is 98.1 cm³/mol. The van der Waals surface area contributed by atoms with E-state index >= 15 is 0 Å². The number of halogens is 1. The fourth-order valence-electron chi connectivity index (χ4n) is 3.08. The highest BCUT2D eigenvalue weighted by atomic mass is 35.5. The maximum atomic E-state index is 5.98. The van der Waals surface area contributed by atoms with Crippen molar-refractivity contribution < 1.29 is 4.42 Å². The van der Waals surface area contributed by atoms with E-state index in [9.17, 15) is 0 Å². The summed E-state index contributed by atoms with van der Waals surface area (Å²) in [6.45, 7) is 4.44. The molecule has 4 rings (SSSR count). The van der Waals surface area contributed by atoms with Crippen LogP contribution >= 0.6 is 22.9 Å². The Bertz CT molecular complexity index is 846. The Kier molecular flexibility index (Phi) is 4.43. The Labute approximate surface area is 149 Å². The van der Waals surface area contributed by atoms with E-state index in [0.29, 0.717) is 22.7 Å². The van der Waals surface area contributed by atoms with Crippen molar-refractivity contribution in [3.8, 4) is 0 Å². The largest absolute Gasteiger partial charge is 0.423 e. The first-order chi connectivity index (χ1) is 11.7. The maximum absolute atomic E-state index is 5.98. The van der Waals surface area contributed by atoms with Crippen molar-refractivity contribution in [2.75, 3.05) is 11.9 Å². The van der Waals surface area contributed by atoms with Gasteiger partial charge in [0.25, 0.3) is 0 Å². The molecule has 1 aliphatic rings. The summed E-state index contributed by atoms with van der Waals surface area (Å²) in [7, 11) is 0. The topological polar surface area (TPSA) is 54.2 Å². The minimum absolute atomic E-state index is 0.444. The molecule has 0 spiro atoms. The molecule has 0 aliphatic carbocycles. The maximum Gasteiger partial charge on any atom is 0.302 e. The Balaban J connectivity index is 1.46. The third-order valence-corrected chi connectivity index (χ3v) is 5.55.